The van der Waals surface area contributed by atoms with Crippen LogP contribution in [0.5, 0.6) is 0 Å². The third-order valence-corrected chi connectivity index (χ3v) is 30.2. The van der Waals surface area contributed by atoms with Gasteiger partial charge in [-0.15, -0.1) is 0 Å². The van der Waals surface area contributed by atoms with Gasteiger partial charge >= 0.3 is 0 Å². The Labute approximate surface area is 830 Å². The van der Waals surface area contributed by atoms with Gasteiger partial charge in [-0.1, -0.05) is 352 Å². The second-order valence-electron chi connectivity index (χ2n) is 38.0. The van der Waals surface area contributed by atoms with Gasteiger partial charge in [-0.3, -0.25) is 0 Å². The summed E-state index contributed by atoms with van der Waals surface area (Å²) in [6.07, 6.45) is 0. The molecule has 0 spiro atoms. The summed E-state index contributed by atoms with van der Waals surface area (Å²) in [6.45, 7) is 0. The first-order valence-corrected chi connectivity index (χ1v) is 49.6. The molecule has 0 radical (unpaired) electrons. The maximum atomic E-state index is 6.39. The molecule has 9 nitrogen and oxygen atoms in total. The lowest BCUT2D eigenvalue weighted by atomic mass is 10.00. The van der Waals surface area contributed by atoms with E-state index in [1.807, 2.05) is 36.4 Å². The Hall–Kier alpha value is -19.5. The maximum Gasteiger partial charge on any atom is 0.137 e. The van der Waals surface area contributed by atoms with E-state index >= 15 is 0 Å². The van der Waals surface area contributed by atoms with Crippen LogP contribution in [0.25, 0.3) is 286 Å². The van der Waals surface area contributed by atoms with Crippen LogP contribution >= 0.6 is 0 Å². The van der Waals surface area contributed by atoms with Crippen molar-refractivity contribution in [3.8, 4) is 78.6 Å². The highest BCUT2D eigenvalue weighted by molar-refractivity contribution is 6.30. The number of hydrogen-bond acceptors (Lipinski definition) is 3. The lowest BCUT2D eigenvalue weighted by Gasteiger charge is -2.12. The van der Waals surface area contributed by atoms with Gasteiger partial charge in [-0.05, 0) is 189 Å². The first-order valence-electron chi connectivity index (χ1n) is 49.6. The zero-order valence-corrected chi connectivity index (χ0v) is 78.4. The van der Waals surface area contributed by atoms with Crippen molar-refractivity contribution in [3.05, 3.63) is 510 Å². The second-order valence-corrected chi connectivity index (χ2v) is 38.0. The molecule has 145 heavy (non-hydrogen) atoms. The van der Waals surface area contributed by atoms with Crippen LogP contribution in [0, 0.1) is 0 Å². The summed E-state index contributed by atoms with van der Waals surface area (Å²) >= 11 is 0. The molecule has 0 unspecified atom stereocenters. The topological polar surface area (TPSA) is 69.0 Å². The highest BCUT2D eigenvalue weighted by atomic mass is 16.3. The molecule has 32 aromatic rings. The highest BCUT2D eigenvalue weighted by Crippen LogP contribution is 2.50. The summed E-state index contributed by atoms with van der Waals surface area (Å²) in [5.74, 6) is 0. The molecule has 23 aromatic carbocycles. The third kappa shape index (κ3) is 12.8. The molecule has 676 valence electrons. The molecule has 0 bridgehead atoms. The Bertz CT molecular complexity index is 10900. The number of nitrogens with zero attached hydrogens (tertiary/aromatic N) is 6. The smallest absolute Gasteiger partial charge is 0.137 e. The van der Waals surface area contributed by atoms with Gasteiger partial charge in [0, 0.05) is 149 Å². The van der Waals surface area contributed by atoms with Crippen molar-refractivity contribution >= 4 is 207 Å². The fraction of sp³-hybridized carbons (Fsp3) is 0. The summed E-state index contributed by atoms with van der Waals surface area (Å²) in [5, 5.41) is 24.2. The molecule has 9 aromatic heterocycles. The van der Waals surface area contributed by atoms with Crippen molar-refractivity contribution in [2.75, 3.05) is 0 Å². The first kappa shape index (κ1) is 81.5. The molecule has 9 heteroatoms. The Kier molecular flexibility index (Phi) is 18.3. The molecule has 0 aliphatic heterocycles. The van der Waals surface area contributed by atoms with E-state index in [0.29, 0.717) is 0 Å². The van der Waals surface area contributed by atoms with Gasteiger partial charge in [0.2, 0.25) is 0 Å². The monoisotopic (exact) mass is 1850 g/mol. The minimum absolute atomic E-state index is 0.892. The molecule has 0 aliphatic carbocycles. The Balaban J connectivity index is 0.000000101. The van der Waals surface area contributed by atoms with Crippen LogP contribution in [0.3, 0.4) is 0 Å². The van der Waals surface area contributed by atoms with Crippen molar-refractivity contribution in [2.45, 2.75) is 0 Å². The number of aromatic nitrogens is 6. The summed E-state index contributed by atoms with van der Waals surface area (Å²) in [5.41, 5.74) is 36.1. The number of rotatable bonds is 10. The van der Waals surface area contributed by atoms with Crippen LogP contribution in [-0.2, 0) is 0 Å². The van der Waals surface area contributed by atoms with Gasteiger partial charge in [0.05, 0.1) is 71.9 Å². The summed E-state index contributed by atoms with van der Waals surface area (Å²) < 4.78 is 33.7. The Morgan fingerprint density at radius 2 is 0.379 bits per heavy atom. The van der Waals surface area contributed by atoms with Gasteiger partial charge < -0.3 is 40.7 Å². The standard InChI is InChI=1S/2C48H30N2O.C40H24N2O/c1-2-11-31(12-3-1)32-21-23-33(24-22-32)34-13-10-14-35(29-34)49-43-19-8-5-17-41(43)47-44(49)28-27-40-37-15-4-7-18-42(37)50(48(40)47)36-25-26-39-38-16-6-9-20-45(38)51-46(39)30-36;1-2-10-31(11-3-1)32-18-20-33(21-19-32)34-22-24-35(25-23-34)49-43-16-8-5-14-41(43)47-44(49)29-28-40-37-12-4-7-15-42(37)50(48(40)47)36-26-27-39-38-13-6-9-17-45(38)51-46(39)30-36;1-2-12-27-25(10-1)11-9-18-33(27)42-35-17-7-4-15-32(35)39-36(42)23-22-31-28-13-3-6-16-34(28)41(40(31)39)26-20-21-30-29-14-5-8-19-37(29)43-38(30)24-26/h2*1-30H;1-24H. The number of furan rings is 3. The molecular weight excluding hydrogens is 1770 g/mol. The van der Waals surface area contributed by atoms with E-state index < -0.39 is 0 Å². The van der Waals surface area contributed by atoms with Crippen LogP contribution in [0.15, 0.2) is 523 Å². The molecule has 0 N–H and O–H groups in total. The van der Waals surface area contributed by atoms with E-state index in [9.17, 15) is 0 Å². The Morgan fingerprint density at radius 3 is 0.779 bits per heavy atom. The van der Waals surface area contributed by atoms with Crippen LogP contribution in [0.4, 0.5) is 0 Å². The van der Waals surface area contributed by atoms with Gasteiger partial charge in [0.15, 0.2) is 0 Å². The van der Waals surface area contributed by atoms with Crippen LogP contribution in [-0.4, -0.2) is 27.4 Å². The number of para-hydroxylation sites is 9. The average molecular weight is 1850 g/mol. The molecule has 0 atom stereocenters. The lowest BCUT2D eigenvalue weighted by Crippen LogP contribution is -1.96. The van der Waals surface area contributed by atoms with E-state index in [2.05, 4.69) is 501 Å². The van der Waals surface area contributed by atoms with Crippen molar-refractivity contribution in [2.24, 2.45) is 0 Å². The minimum Gasteiger partial charge on any atom is -0.456 e. The van der Waals surface area contributed by atoms with Crippen LogP contribution < -0.4 is 0 Å². The van der Waals surface area contributed by atoms with Gasteiger partial charge in [0.25, 0.3) is 0 Å². The maximum absolute atomic E-state index is 6.39. The predicted octanol–water partition coefficient (Wildman–Crippen LogP) is 37.2. The minimum atomic E-state index is 0.892. The van der Waals surface area contributed by atoms with E-state index in [4.69, 9.17) is 13.3 Å². The van der Waals surface area contributed by atoms with E-state index in [1.165, 1.54) is 192 Å². The summed E-state index contributed by atoms with van der Waals surface area (Å²) in [4.78, 5) is 0. The molecular formula is C136H84N6O3. The number of fused-ring (bicyclic) bond motifs is 31. The van der Waals surface area contributed by atoms with Crippen molar-refractivity contribution < 1.29 is 13.3 Å². The molecule has 0 saturated carbocycles. The van der Waals surface area contributed by atoms with Gasteiger partial charge in [-0.2, -0.15) is 0 Å². The molecule has 0 fully saturated rings. The van der Waals surface area contributed by atoms with E-state index in [1.54, 1.807) is 0 Å². The first-order chi connectivity index (χ1) is 71.9. The zero-order valence-electron chi connectivity index (χ0n) is 78.4. The van der Waals surface area contributed by atoms with E-state index in [0.717, 1.165) is 94.3 Å². The van der Waals surface area contributed by atoms with Crippen LogP contribution in [0.2, 0.25) is 0 Å². The average Bonchev–Trinajstić information content (AvgIpc) is 1.55. The fourth-order valence-electron chi connectivity index (χ4n) is 23.7. The van der Waals surface area contributed by atoms with Crippen molar-refractivity contribution in [3.63, 3.8) is 0 Å². The molecule has 0 amide bonds. The summed E-state index contributed by atoms with van der Waals surface area (Å²) in [6, 6.07) is 183. The van der Waals surface area contributed by atoms with Crippen molar-refractivity contribution in [1.82, 2.24) is 27.4 Å². The summed E-state index contributed by atoms with van der Waals surface area (Å²) in [7, 11) is 0. The molecule has 0 aliphatic rings. The second kappa shape index (κ2) is 32.6. The highest BCUT2D eigenvalue weighted by Gasteiger charge is 2.28. The third-order valence-electron chi connectivity index (χ3n) is 30.2. The lowest BCUT2D eigenvalue weighted by molar-refractivity contribution is 0.668. The zero-order chi connectivity index (χ0) is 95.0. The Morgan fingerprint density at radius 1 is 0.124 bits per heavy atom. The fourth-order valence-corrected chi connectivity index (χ4v) is 23.7. The van der Waals surface area contributed by atoms with Gasteiger partial charge in [0.1, 0.15) is 33.5 Å². The molecule has 9 heterocycles. The molecule has 0 saturated heterocycles. The van der Waals surface area contributed by atoms with E-state index in [-0.39, 0.29) is 0 Å². The molecule has 32 rings (SSSR count). The quantitative estimate of drug-likeness (QED) is 0.137. The van der Waals surface area contributed by atoms with Gasteiger partial charge in [-0.25, -0.2) is 0 Å². The number of benzene rings is 23. The predicted molar refractivity (Wildman–Crippen MR) is 606 cm³/mol. The van der Waals surface area contributed by atoms with Crippen molar-refractivity contribution in [1.29, 1.82) is 0 Å². The SMILES string of the molecule is c1ccc(-c2ccc(-c3ccc(-n4c5ccccc5c5c4ccc4c6ccccc6n(-c6ccc7c(c6)oc6ccccc67)c45)cc3)cc2)cc1.c1ccc(-c2ccc(-c3cccc(-n4c5ccccc5c5c4ccc4c6ccccc6n(-c6ccc7c(c6)oc6ccccc67)c45)c3)cc2)cc1.c1ccc2c(-n3c4ccccc4c4c3ccc3c5ccccc5n(-c5ccc6c(c5)oc5ccccc56)c34)cccc2c1. The largest absolute Gasteiger partial charge is 0.456 e. The van der Waals surface area contributed by atoms with Crippen LogP contribution in [0.1, 0.15) is 0 Å². The number of hydrogen-bond donors (Lipinski definition) is 0. The normalized spacial score (nSPS) is 12.0.